The van der Waals surface area contributed by atoms with Gasteiger partial charge in [-0.05, 0) is 46.5 Å². The first kappa shape index (κ1) is 19.8. The lowest BCUT2D eigenvalue weighted by molar-refractivity contribution is 0.670. The molecular formula is C31H25NO. The maximum absolute atomic E-state index is 6.46. The SMILES string of the molecule is NCCC(c1ccccc1)c1cccc(-c2cccc3c2oc2ccc4ccccc4c23)c1. The molecule has 0 saturated carbocycles. The van der Waals surface area contributed by atoms with Crippen molar-refractivity contribution in [3.63, 3.8) is 0 Å². The zero-order chi connectivity index (χ0) is 22.2. The van der Waals surface area contributed by atoms with E-state index in [9.17, 15) is 0 Å². The molecule has 0 aliphatic rings. The molecule has 160 valence electrons. The van der Waals surface area contributed by atoms with E-state index in [4.69, 9.17) is 10.2 Å². The van der Waals surface area contributed by atoms with Gasteiger partial charge in [0.15, 0.2) is 0 Å². The van der Waals surface area contributed by atoms with Crippen LogP contribution in [-0.2, 0) is 0 Å². The number of fused-ring (bicyclic) bond motifs is 5. The lowest BCUT2D eigenvalue weighted by Crippen LogP contribution is -2.08. The number of benzene rings is 5. The minimum atomic E-state index is 0.273. The van der Waals surface area contributed by atoms with Crippen molar-refractivity contribution in [1.82, 2.24) is 0 Å². The van der Waals surface area contributed by atoms with Crippen molar-refractivity contribution in [2.24, 2.45) is 5.73 Å². The molecule has 1 aromatic heterocycles. The van der Waals surface area contributed by atoms with Crippen LogP contribution in [0.4, 0.5) is 0 Å². The highest BCUT2D eigenvalue weighted by molar-refractivity contribution is 6.20. The molecule has 6 rings (SSSR count). The second kappa shape index (κ2) is 8.23. The average molecular weight is 428 g/mol. The maximum Gasteiger partial charge on any atom is 0.143 e. The van der Waals surface area contributed by atoms with Gasteiger partial charge in [-0.15, -0.1) is 0 Å². The highest BCUT2D eigenvalue weighted by Gasteiger charge is 2.17. The summed E-state index contributed by atoms with van der Waals surface area (Å²) in [4.78, 5) is 0. The van der Waals surface area contributed by atoms with E-state index in [1.54, 1.807) is 0 Å². The van der Waals surface area contributed by atoms with E-state index in [0.717, 1.165) is 28.5 Å². The van der Waals surface area contributed by atoms with Gasteiger partial charge in [0.2, 0.25) is 0 Å². The van der Waals surface area contributed by atoms with Gasteiger partial charge in [0.25, 0.3) is 0 Å². The number of nitrogens with two attached hydrogens (primary N) is 1. The van der Waals surface area contributed by atoms with Crippen molar-refractivity contribution in [3.8, 4) is 11.1 Å². The van der Waals surface area contributed by atoms with E-state index >= 15 is 0 Å². The molecule has 0 fully saturated rings. The molecule has 0 spiro atoms. The molecule has 33 heavy (non-hydrogen) atoms. The molecule has 2 nitrogen and oxygen atoms in total. The Morgan fingerprint density at radius 3 is 2.30 bits per heavy atom. The highest BCUT2D eigenvalue weighted by Crippen LogP contribution is 2.40. The Kier molecular flexibility index (Phi) is 4.93. The summed E-state index contributed by atoms with van der Waals surface area (Å²) in [6.07, 6.45) is 0.911. The van der Waals surface area contributed by atoms with Crippen LogP contribution in [0.15, 0.2) is 114 Å². The van der Waals surface area contributed by atoms with Crippen LogP contribution in [0.5, 0.6) is 0 Å². The highest BCUT2D eigenvalue weighted by atomic mass is 16.3. The number of hydrogen-bond acceptors (Lipinski definition) is 2. The monoisotopic (exact) mass is 427 g/mol. The van der Waals surface area contributed by atoms with E-state index < -0.39 is 0 Å². The zero-order valence-corrected chi connectivity index (χ0v) is 18.4. The van der Waals surface area contributed by atoms with Crippen molar-refractivity contribution >= 4 is 32.7 Å². The predicted octanol–water partition coefficient (Wildman–Crippen LogP) is 7.89. The van der Waals surface area contributed by atoms with Crippen LogP contribution >= 0.6 is 0 Å². The van der Waals surface area contributed by atoms with Gasteiger partial charge in [-0.3, -0.25) is 0 Å². The third-order valence-corrected chi connectivity index (χ3v) is 6.64. The number of hydrogen-bond donors (Lipinski definition) is 1. The van der Waals surface area contributed by atoms with Crippen molar-refractivity contribution in [3.05, 3.63) is 120 Å². The summed E-state index contributed by atoms with van der Waals surface area (Å²) in [7, 11) is 0. The Labute approximate surface area is 193 Å². The first-order valence-corrected chi connectivity index (χ1v) is 11.5. The van der Waals surface area contributed by atoms with Gasteiger partial charge in [-0.2, -0.15) is 0 Å². The molecule has 0 radical (unpaired) electrons. The van der Waals surface area contributed by atoms with Crippen LogP contribution in [0.2, 0.25) is 0 Å². The Morgan fingerprint density at radius 2 is 1.42 bits per heavy atom. The molecule has 0 amide bonds. The summed E-state index contributed by atoms with van der Waals surface area (Å²) in [5, 5.41) is 4.80. The Hall–Kier alpha value is -3.88. The molecule has 2 N–H and O–H groups in total. The molecule has 6 aromatic rings. The molecule has 0 saturated heterocycles. The molecule has 1 unspecified atom stereocenters. The summed E-state index contributed by atoms with van der Waals surface area (Å²) < 4.78 is 6.46. The minimum absolute atomic E-state index is 0.273. The lowest BCUT2D eigenvalue weighted by atomic mass is 9.87. The van der Waals surface area contributed by atoms with E-state index in [1.165, 1.54) is 32.8 Å². The molecule has 5 aromatic carbocycles. The van der Waals surface area contributed by atoms with E-state index in [1.807, 2.05) is 0 Å². The second-order valence-electron chi connectivity index (χ2n) is 8.61. The molecule has 0 bridgehead atoms. The van der Waals surface area contributed by atoms with Crippen molar-refractivity contribution in [2.75, 3.05) is 6.54 Å². The van der Waals surface area contributed by atoms with Crippen LogP contribution in [0.1, 0.15) is 23.5 Å². The zero-order valence-electron chi connectivity index (χ0n) is 18.4. The summed E-state index contributed by atoms with van der Waals surface area (Å²) in [5.74, 6) is 0.273. The molecule has 2 heteroatoms. The van der Waals surface area contributed by atoms with Gasteiger partial charge in [-0.25, -0.2) is 0 Å². The van der Waals surface area contributed by atoms with Gasteiger partial charge in [-0.1, -0.05) is 103 Å². The summed E-state index contributed by atoms with van der Waals surface area (Å²) >= 11 is 0. The third kappa shape index (κ3) is 3.40. The van der Waals surface area contributed by atoms with E-state index in [-0.39, 0.29) is 5.92 Å². The number of furan rings is 1. The van der Waals surface area contributed by atoms with Gasteiger partial charge < -0.3 is 10.2 Å². The molecular weight excluding hydrogens is 402 g/mol. The largest absolute Gasteiger partial charge is 0.455 e. The van der Waals surface area contributed by atoms with Gasteiger partial charge >= 0.3 is 0 Å². The fraction of sp³-hybridized carbons (Fsp3) is 0.0968. The third-order valence-electron chi connectivity index (χ3n) is 6.64. The molecule has 1 heterocycles. The van der Waals surface area contributed by atoms with Crippen LogP contribution in [-0.4, -0.2) is 6.54 Å². The predicted molar refractivity (Wildman–Crippen MR) is 139 cm³/mol. The van der Waals surface area contributed by atoms with Gasteiger partial charge in [0.1, 0.15) is 11.2 Å². The van der Waals surface area contributed by atoms with Gasteiger partial charge in [0.05, 0.1) is 0 Å². The van der Waals surface area contributed by atoms with Crippen molar-refractivity contribution < 1.29 is 4.42 Å². The fourth-order valence-electron chi connectivity index (χ4n) is 5.10. The number of para-hydroxylation sites is 1. The number of rotatable bonds is 5. The quantitative estimate of drug-likeness (QED) is 0.304. The molecule has 0 aliphatic carbocycles. The molecule has 0 aliphatic heterocycles. The van der Waals surface area contributed by atoms with Gasteiger partial charge in [0, 0.05) is 22.3 Å². The Bertz CT molecular complexity index is 1580. The van der Waals surface area contributed by atoms with Crippen molar-refractivity contribution in [1.29, 1.82) is 0 Å². The average Bonchev–Trinajstić information content (AvgIpc) is 3.27. The smallest absolute Gasteiger partial charge is 0.143 e. The summed E-state index contributed by atoms with van der Waals surface area (Å²) in [5.41, 5.74) is 12.7. The topological polar surface area (TPSA) is 39.2 Å². The lowest BCUT2D eigenvalue weighted by Gasteiger charge is -2.18. The Balaban J connectivity index is 1.53. The fourth-order valence-corrected chi connectivity index (χ4v) is 5.10. The minimum Gasteiger partial charge on any atom is -0.455 e. The van der Waals surface area contributed by atoms with Crippen LogP contribution < -0.4 is 5.73 Å². The second-order valence-corrected chi connectivity index (χ2v) is 8.61. The van der Waals surface area contributed by atoms with E-state index in [0.29, 0.717) is 6.54 Å². The standard InChI is InChI=1S/C31H25NO/c32-19-18-25(21-8-2-1-3-9-21)23-11-6-12-24(20-23)27-14-7-15-28-30-26-13-5-4-10-22(26)16-17-29(30)33-31(27)28/h1-17,20,25H,18-19,32H2. The molecule has 1 atom stereocenters. The van der Waals surface area contributed by atoms with Crippen LogP contribution in [0.25, 0.3) is 43.8 Å². The van der Waals surface area contributed by atoms with Crippen molar-refractivity contribution in [2.45, 2.75) is 12.3 Å². The summed E-state index contributed by atoms with van der Waals surface area (Å²) in [6.45, 7) is 0.649. The van der Waals surface area contributed by atoms with Crippen LogP contribution in [0, 0.1) is 0 Å². The normalized spacial score (nSPS) is 12.5. The first-order valence-electron chi connectivity index (χ1n) is 11.5. The van der Waals surface area contributed by atoms with E-state index in [2.05, 4.69) is 109 Å². The van der Waals surface area contributed by atoms with Crippen LogP contribution in [0.3, 0.4) is 0 Å². The first-order chi connectivity index (χ1) is 16.3. The maximum atomic E-state index is 6.46. The Morgan fingerprint density at radius 1 is 0.667 bits per heavy atom. The summed E-state index contributed by atoms with van der Waals surface area (Å²) in [6, 6.07) is 38.7.